The Balaban J connectivity index is 0.000000191. The van der Waals surface area contributed by atoms with E-state index in [0.717, 1.165) is 40.2 Å². The molecule has 0 aliphatic carbocycles. The number of thiophene rings is 1. The summed E-state index contributed by atoms with van der Waals surface area (Å²) in [6.07, 6.45) is 0.333. The molecule has 0 amide bonds. The van der Waals surface area contributed by atoms with Gasteiger partial charge in [0.05, 0.1) is 41.1 Å². The molecule has 0 spiro atoms. The zero-order valence-electron chi connectivity index (χ0n) is 34.7. The fourth-order valence-corrected chi connectivity index (χ4v) is 9.34. The molecule has 0 fully saturated rings. The number of ether oxygens (including phenoxy) is 2. The van der Waals surface area contributed by atoms with Gasteiger partial charge in [0, 0.05) is 63.2 Å². The average molecular weight is 948 g/mol. The summed E-state index contributed by atoms with van der Waals surface area (Å²) >= 11 is 7.76. The number of hydrogen-bond acceptors (Lipinski definition) is 13. The normalized spacial score (nSPS) is 12.8. The number of anilines is 2. The summed E-state index contributed by atoms with van der Waals surface area (Å²) in [6.45, 7) is 2.39. The zero-order chi connectivity index (χ0) is 45.4. The number of benzene rings is 6. The van der Waals surface area contributed by atoms with Gasteiger partial charge in [-0.1, -0.05) is 60.1 Å². The van der Waals surface area contributed by atoms with E-state index in [1.165, 1.54) is 38.4 Å². The van der Waals surface area contributed by atoms with E-state index in [9.17, 15) is 32.2 Å². The number of halogens is 1. The molecule has 2 atom stereocenters. The summed E-state index contributed by atoms with van der Waals surface area (Å²) in [5, 5.41) is 41.7. The first-order chi connectivity index (χ1) is 30.6. The van der Waals surface area contributed by atoms with Crippen LogP contribution in [-0.4, -0.2) is 84.1 Å². The molecular weight excluding hydrogens is 900 g/mol. The lowest BCUT2D eigenvalue weighted by Gasteiger charge is -2.15. The van der Waals surface area contributed by atoms with Gasteiger partial charge in [0.25, 0.3) is 0 Å². The summed E-state index contributed by atoms with van der Waals surface area (Å²) in [7, 11) is -7.01. The van der Waals surface area contributed by atoms with E-state index in [-0.39, 0.29) is 35.2 Å². The van der Waals surface area contributed by atoms with Gasteiger partial charge in [-0.15, -0.1) is 11.3 Å². The second-order valence-corrected chi connectivity index (χ2v) is 19.9. The topological polar surface area (TPSA) is 209 Å². The molecular formula is C46H47ClN4O10S3. The van der Waals surface area contributed by atoms with Gasteiger partial charge in [-0.05, 0) is 77.9 Å². The first-order valence-corrected chi connectivity index (χ1v) is 25.0. The van der Waals surface area contributed by atoms with E-state index < -0.39 is 32.3 Å². The lowest BCUT2D eigenvalue weighted by molar-refractivity contribution is 0.171. The highest BCUT2D eigenvalue weighted by molar-refractivity contribution is 7.92. The molecule has 64 heavy (non-hydrogen) atoms. The maximum absolute atomic E-state index is 11.4. The van der Waals surface area contributed by atoms with Crippen molar-refractivity contribution in [3.05, 3.63) is 137 Å². The summed E-state index contributed by atoms with van der Waals surface area (Å²) < 4.78 is 70.2. The number of aromatic hydroxyl groups is 1. The van der Waals surface area contributed by atoms with E-state index in [0.29, 0.717) is 43.2 Å². The van der Waals surface area contributed by atoms with Crippen LogP contribution in [0, 0.1) is 0 Å². The van der Waals surface area contributed by atoms with Crippen LogP contribution in [0.1, 0.15) is 23.3 Å². The van der Waals surface area contributed by atoms with E-state index in [4.69, 9.17) is 25.5 Å². The summed E-state index contributed by atoms with van der Waals surface area (Å²) in [5.74, 6) is 1.29. The molecule has 14 nitrogen and oxygen atoms in total. The lowest BCUT2D eigenvalue weighted by Crippen LogP contribution is -2.26. The molecule has 7 N–H and O–H groups in total. The number of phenols is 1. The minimum absolute atomic E-state index is 0.0315. The number of aliphatic hydroxyl groups excluding tert-OH is 2. The Kier molecular flexibility index (Phi) is 14.8. The highest BCUT2D eigenvalue weighted by Crippen LogP contribution is 2.36. The van der Waals surface area contributed by atoms with Crippen molar-refractivity contribution in [3.8, 4) is 17.2 Å². The van der Waals surface area contributed by atoms with E-state index in [1.54, 1.807) is 29.5 Å². The smallest absolute Gasteiger partial charge is 0.229 e. The van der Waals surface area contributed by atoms with Crippen molar-refractivity contribution in [2.24, 2.45) is 0 Å². The SMILES string of the molecule is CS(=O)(=O)Nc1cc(C(O)CNCCOc2ccc3c(c2)oc2ccccc23)ccc1Cl.CS(=O)(=O)Nc1cc(C(O)CNCCOc2ccc3c(c2)sc2ccccc23)ccc1O. The van der Waals surface area contributed by atoms with E-state index in [1.807, 2.05) is 66.7 Å². The molecule has 2 heterocycles. The van der Waals surface area contributed by atoms with Crippen LogP contribution in [0.5, 0.6) is 17.2 Å². The maximum Gasteiger partial charge on any atom is 0.229 e. The highest BCUT2D eigenvalue weighted by atomic mass is 35.5. The molecule has 8 rings (SSSR count). The Bertz CT molecular complexity index is 2920. The van der Waals surface area contributed by atoms with Crippen LogP contribution in [0.25, 0.3) is 42.1 Å². The number of rotatable bonds is 18. The van der Waals surface area contributed by atoms with E-state index in [2.05, 4.69) is 38.3 Å². The van der Waals surface area contributed by atoms with Crippen LogP contribution >= 0.6 is 22.9 Å². The molecule has 0 aliphatic rings. The second-order valence-electron chi connectivity index (χ2n) is 14.9. The Labute approximate surface area is 379 Å². The largest absolute Gasteiger partial charge is 0.506 e. The summed E-state index contributed by atoms with van der Waals surface area (Å²) in [6, 6.07) is 37.1. The Morgan fingerprint density at radius 1 is 0.609 bits per heavy atom. The number of phenolic OH excluding ortho intramolecular Hbond substituents is 1. The number of fused-ring (bicyclic) bond motifs is 6. The number of para-hydroxylation sites is 1. The number of hydrogen-bond donors (Lipinski definition) is 7. The molecule has 0 aliphatic heterocycles. The van der Waals surface area contributed by atoms with Crippen molar-refractivity contribution in [2.75, 3.05) is 61.3 Å². The van der Waals surface area contributed by atoms with Gasteiger partial charge in [-0.2, -0.15) is 0 Å². The molecule has 0 radical (unpaired) electrons. The molecule has 2 aromatic heterocycles. The van der Waals surface area contributed by atoms with Crippen LogP contribution in [0.3, 0.4) is 0 Å². The standard InChI is InChI=1S/C23H23ClN2O5S.C23H24N2O5S2/c1-32(28,29)26-20-12-15(6-9-19(20)24)21(27)14-25-10-11-30-16-7-8-18-17-4-2-3-5-22(17)31-23(18)13-16;1-32(28,29)25-19-12-15(6-9-20(19)26)21(27)14-24-10-11-30-16-7-8-18-17-4-2-3-5-22(17)31-23(18)13-16/h2-9,12-13,21,25-27H,10-11,14H2,1H3;2-9,12-13,21,24-27H,10-11,14H2,1H3. The molecule has 2 unspecified atom stereocenters. The average Bonchev–Trinajstić information content (AvgIpc) is 3.81. The fourth-order valence-electron chi connectivity index (χ4n) is 6.86. The van der Waals surface area contributed by atoms with Gasteiger partial charge < -0.3 is 39.8 Å². The third kappa shape index (κ3) is 12.3. The third-order valence-corrected chi connectivity index (χ3v) is 12.5. The molecule has 0 saturated heterocycles. The van der Waals surface area contributed by atoms with Gasteiger partial charge in [0.15, 0.2) is 0 Å². The number of nitrogens with one attached hydrogen (secondary N) is 4. The first kappa shape index (κ1) is 46.4. The quantitative estimate of drug-likeness (QED) is 0.0321. The fraction of sp³-hybridized carbons (Fsp3) is 0.217. The predicted molar refractivity (Wildman–Crippen MR) is 256 cm³/mol. The van der Waals surface area contributed by atoms with Crippen LogP contribution < -0.4 is 29.6 Å². The Hall–Kier alpha value is -5.63. The monoisotopic (exact) mass is 946 g/mol. The van der Waals surface area contributed by atoms with Crippen molar-refractivity contribution in [1.82, 2.24) is 10.6 Å². The maximum atomic E-state index is 11.4. The van der Waals surface area contributed by atoms with Crippen LogP contribution in [0.2, 0.25) is 5.02 Å². The zero-order valence-corrected chi connectivity index (χ0v) is 38.0. The number of furan rings is 1. The highest BCUT2D eigenvalue weighted by Gasteiger charge is 2.15. The third-order valence-electron chi connectivity index (χ3n) is 9.84. The lowest BCUT2D eigenvalue weighted by atomic mass is 10.1. The van der Waals surface area contributed by atoms with Crippen molar-refractivity contribution in [2.45, 2.75) is 12.2 Å². The van der Waals surface area contributed by atoms with Crippen LogP contribution in [0.15, 0.2) is 126 Å². The molecule has 6 aromatic carbocycles. The Morgan fingerprint density at radius 3 is 1.81 bits per heavy atom. The van der Waals surface area contributed by atoms with Gasteiger partial charge in [-0.25, -0.2) is 16.8 Å². The first-order valence-electron chi connectivity index (χ1n) is 20.0. The number of aliphatic hydroxyl groups is 2. The molecule has 0 bridgehead atoms. The molecule has 8 aromatic rings. The van der Waals surface area contributed by atoms with Gasteiger partial charge in [0.2, 0.25) is 20.0 Å². The predicted octanol–water partition coefficient (Wildman–Crippen LogP) is 8.15. The van der Waals surface area contributed by atoms with Crippen molar-refractivity contribution < 1.29 is 46.0 Å². The molecule has 336 valence electrons. The molecule has 0 saturated carbocycles. The minimum atomic E-state index is -3.54. The van der Waals surface area contributed by atoms with Crippen molar-refractivity contribution >= 4 is 96.5 Å². The number of sulfonamides is 2. The summed E-state index contributed by atoms with van der Waals surface area (Å²) in [5.41, 5.74) is 2.90. The Morgan fingerprint density at radius 2 is 1.14 bits per heavy atom. The minimum Gasteiger partial charge on any atom is -0.506 e. The van der Waals surface area contributed by atoms with Crippen molar-refractivity contribution in [1.29, 1.82) is 0 Å². The second kappa shape index (κ2) is 20.5. The van der Waals surface area contributed by atoms with Gasteiger partial charge >= 0.3 is 0 Å². The molecule has 18 heteroatoms. The van der Waals surface area contributed by atoms with Crippen molar-refractivity contribution in [3.63, 3.8) is 0 Å². The van der Waals surface area contributed by atoms with Gasteiger partial charge in [0.1, 0.15) is 41.6 Å². The van der Waals surface area contributed by atoms with Crippen LogP contribution in [0.4, 0.5) is 11.4 Å². The van der Waals surface area contributed by atoms with Crippen LogP contribution in [-0.2, 0) is 20.0 Å². The summed E-state index contributed by atoms with van der Waals surface area (Å²) in [4.78, 5) is 0. The van der Waals surface area contributed by atoms with E-state index >= 15 is 0 Å². The van der Waals surface area contributed by atoms with Gasteiger partial charge in [-0.3, -0.25) is 9.44 Å².